The van der Waals surface area contributed by atoms with Crippen LogP contribution in [0.3, 0.4) is 0 Å². The number of hydrogen-bond acceptors (Lipinski definition) is 10. The molecule has 0 saturated heterocycles. The van der Waals surface area contributed by atoms with Gasteiger partial charge in [0.15, 0.2) is 0 Å². The zero-order valence-corrected chi connectivity index (χ0v) is 4.54. The molecule has 0 heterocycles. The molecule has 116 valence electrons. The van der Waals surface area contributed by atoms with Gasteiger partial charge < -0.3 is 0 Å². The van der Waals surface area contributed by atoms with Gasteiger partial charge in [0, 0.05) is 0 Å². The SMILES string of the molecule is C.C.C.C.C.C.C.N=O.N=O.N=O.N=O.N=O. The molecule has 0 unspecified atom stereocenters. The Kier molecular flexibility index (Phi) is 11400. The van der Waals surface area contributed by atoms with Gasteiger partial charge in [0.1, 0.15) is 0 Å². The van der Waals surface area contributed by atoms with Gasteiger partial charge >= 0.3 is 0 Å². The van der Waals surface area contributed by atoms with E-state index in [0.717, 1.165) is 0 Å². The molecular weight excluding hydrogens is 234 g/mol. The van der Waals surface area contributed by atoms with Crippen LogP contribution in [-0.2, 0) is 0 Å². The van der Waals surface area contributed by atoms with Crippen LogP contribution >= 0.6 is 0 Å². The third kappa shape index (κ3) is 504. The zero-order valence-electron chi connectivity index (χ0n) is 4.54. The number of hydrogen-bond donors (Lipinski definition) is 5. The quantitative estimate of drug-likeness (QED) is 0.328. The summed E-state index contributed by atoms with van der Waals surface area (Å²) in [5, 5.41) is 0. The van der Waals surface area contributed by atoms with Gasteiger partial charge in [-0.3, -0.25) is 0 Å². The first-order valence-corrected chi connectivity index (χ1v) is 1.02. The van der Waals surface area contributed by atoms with Crippen molar-refractivity contribution < 1.29 is 0 Å². The van der Waals surface area contributed by atoms with E-state index in [1.165, 1.54) is 0 Å². The van der Waals surface area contributed by atoms with Crippen LogP contribution in [0.5, 0.6) is 0 Å². The Morgan fingerprint density at radius 2 is 0.235 bits per heavy atom. The average Bonchev–Trinajstić information content (AvgIpc) is 2.20. The summed E-state index contributed by atoms with van der Waals surface area (Å²) in [5.41, 5.74) is 22.5. The van der Waals surface area contributed by atoms with Crippen molar-refractivity contribution in [2.75, 3.05) is 0 Å². The molecule has 0 aliphatic carbocycles. The summed E-state index contributed by atoms with van der Waals surface area (Å²) < 4.78 is 0. The van der Waals surface area contributed by atoms with E-state index in [9.17, 15) is 0 Å². The average molecular weight is 267 g/mol. The van der Waals surface area contributed by atoms with Crippen molar-refractivity contribution in [2.24, 2.45) is 0 Å². The smallest absolute Gasteiger partial charge is 0.0776 e. The van der Waals surface area contributed by atoms with E-state index in [0.29, 0.717) is 0 Å². The molecule has 0 saturated carbocycles. The summed E-state index contributed by atoms with van der Waals surface area (Å²) in [4.78, 5) is 37.5. The topological polar surface area (TPSA) is 205 Å². The number of rotatable bonds is 0. The third-order valence-electron chi connectivity index (χ3n) is 0. The standard InChI is InChI=1S/7CH4.5HNO/c;;;;;;;5*1-2/h7*1H4;5*1H. The van der Waals surface area contributed by atoms with Crippen LogP contribution in [0.1, 0.15) is 52.0 Å². The van der Waals surface area contributed by atoms with E-state index < -0.39 is 0 Å². The maximum Gasteiger partial charge on any atom is -0.0776 e. The Labute approximate surface area is 105 Å². The third-order valence-corrected chi connectivity index (χ3v) is 0. The Balaban J connectivity index is -0.00000000167. The lowest BCUT2D eigenvalue weighted by Gasteiger charge is -0.827. The largest absolute Gasteiger partial charge is 0.154 e. The molecule has 17 heavy (non-hydrogen) atoms. The molecule has 0 aliphatic rings. The van der Waals surface area contributed by atoms with E-state index in [-0.39, 0.29) is 52.0 Å². The molecular formula is C7H33N5O5. The Hall–Kier alpha value is -2.00. The van der Waals surface area contributed by atoms with Crippen LogP contribution < -0.4 is 0 Å². The summed E-state index contributed by atoms with van der Waals surface area (Å²) in [7, 11) is 0. The van der Waals surface area contributed by atoms with Crippen LogP contribution in [0.2, 0.25) is 0 Å². The van der Waals surface area contributed by atoms with E-state index >= 15 is 0 Å². The van der Waals surface area contributed by atoms with Gasteiger partial charge in [0.25, 0.3) is 0 Å². The highest BCUT2D eigenvalue weighted by Gasteiger charge is 0.597. The van der Waals surface area contributed by atoms with Gasteiger partial charge in [-0.1, -0.05) is 80.0 Å². The van der Waals surface area contributed by atoms with Crippen LogP contribution in [0.15, 0.2) is 0 Å². The van der Waals surface area contributed by atoms with E-state index in [1.807, 2.05) is 0 Å². The predicted molar refractivity (Wildman–Crippen MR) is 77.6 cm³/mol. The molecule has 0 bridgehead atoms. The van der Waals surface area contributed by atoms with Crippen LogP contribution in [0.25, 0.3) is 0 Å². The monoisotopic (exact) mass is 267 g/mol. The summed E-state index contributed by atoms with van der Waals surface area (Å²) in [6.45, 7) is 0. The predicted octanol–water partition coefficient (Wildman–Crippen LogP) is 6.11. The molecule has 0 aromatic rings. The molecule has 0 rings (SSSR count). The van der Waals surface area contributed by atoms with E-state index in [4.69, 9.17) is 24.5 Å². The Morgan fingerprint density at radius 3 is 0.235 bits per heavy atom. The fourth-order valence-electron chi connectivity index (χ4n) is 0. The lowest BCUT2D eigenvalue weighted by Crippen LogP contribution is -0.649. The van der Waals surface area contributed by atoms with Gasteiger partial charge in [0.05, 0.1) is 0 Å². The minimum absolute atomic E-state index is 0. The first-order chi connectivity index (χ1) is 5.00. The van der Waals surface area contributed by atoms with E-state index in [2.05, 4.69) is 28.0 Å². The molecule has 0 aromatic heterocycles. The van der Waals surface area contributed by atoms with Gasteiger partial charge in [-0.25, -0.2) is 0 Å². The summed E-state index contributed by atoms with van der Waals surface area (Å²) in [6.07, 6.45) is 0. The van der Waals surface area contributed by atoms with Crippen molar-refractivity contribution in [2.45, 2.75) is 52.0 Å². The molecule has 0 atom stereocenters. The molecule has 0 radical (unpaired) electrons. The maximum absolute atomic E-state index is 7.50. The summed E-state index contributed by atoms with van der Waals surface area (Å²) >= 11 is 0. The van der Waals surface area contributed by atoms with Crippen LogP contribution in [0.4, 0.5) is 0 Å². The Bertz CT molecular complexity index is 38.2. The fourth-order valence-corrected chi connectivity index (χ4v) is 0. The number of nitroso groups, excluding NO2 is 5. The van der Waals surface area contributed by atoms with Gasteiger partial charge in [-0.15, -0.1) is 0 Å². The molecule has 10 nitrogen and oxygen atoms in total. The molecule has 0 fully saturated rings. The lowest BCUT2D eigenvalue weighted by atomic mass is 12.0. The molecule has 0 spiro atoms. The minimum Gasteiger partial charge on any atom is -0.154 e. The van der Waals surface area contributed by atoms with Crippen molar-refractivity contribution in [3.63, 3.8) is 0 Å². The molecule has 0 aromatic carbocycles. The highest BCUT2D eigenvalue weighted by molar-refractivity contribution is 3.64. The van der Waals surface area contributed by atoms with Gasteiger partial charge in [-0.05, 0) is 0 Å². The van der Waals surface area contributed by atoms with Crippen molar-refractivity contribution in [3.8, 4) is 0 Å². The normalized spacial score (nSPS) is 1.18. The second-order valence-corrected chi connectivity index (χ2v) is 0. The summed E-state index contributed by atoms with van der Waals surface area (Å²) in [5.74, 6) is 0. The maximum atomic E-state index is 7.50. The second kappa shape index (κ2) is 592. The second-order valence-electron chi connectivity index (χ2n) is 0. The van der Waals surface area contributed by atoms with Crippen molar-refractivity contribution in [1.82, 2.24) is 0 Å². The minimum atomic E-state index is 0. The van der Waals surface area contributed by atoms with Crippen molar-refractivity contribution in [3.05, 3.63) is 24.5 Å². The first kappa shape index (κ1) is 327. The zero-order chi connectivity index (χ0) is 10.0. The highest BCUT2D eigenvalue weighted by Crippen LogP contribution is 0.774. The molecule has 0 amide bonds. The fraction of sp³-hybridized carbons (Fsp3) is 1.00. The molecule has 10 heteroatoms. The van der Waals surface area contributed by atoms with Crippen molar-refractivity contribution in [1.29, 1.82) is 28.0 Å². The van der Waals surface area contributed by atoms with E-state index in [1.54, 1.807) is 0 Å². The van der Waals surface area contributed by atoms with Gasteiger partial charge in [0.2, 0.25) is 0 Å². The van der Waals surface area contributed by atoms with Crippen molar-refractivity contribution >= 4 is 0 Å². The first-order valence-electron chi connectivity index (χ1n) is 1.02. The Morgan fingerprint density at radius 1 is 0.235 bits per heavy atom. The molecule has 0 aliphatic heterocycles. The summed E-state index contributed by atoms with van der Waals surface area (Å²) in [6, 6.07) is 0. The number of nitrogens with one attached hydrogen (secondary N) is 5. The lowest BCUT2D eigenvalue weighted by molar-refractivity contribution is 1.49. The van der Waals surface area contributed by atoms with Crippen LogP contribution in [-0.4, -0.2) is 0 Å². The molecule has 5 N–H and O–H groups in total. The van der Waals surface area contributed by atoms with Crippen LogP contribution in [0, 0.1) is 52.5 Å². The van der Waals surface area contributed by atoms with Gasteiger partial charge in [-0.2, -0.15) is 24.5 Å². The highest BCUT2D eigenvalue weighted by atomic mass is 16.2.